The van der Waals surface area contributed by atoms with Crippen molar-refractivity contribution in [3.63, 3.8) is 0 Å². The average molecular weight is 368 g/mol. The minimum Gasteiger partial charge on any atom is -0.481 e. The lowest BCUT2D eigenvalue weighted by molar-refractivity contribution is -0.138. The second-order valence-corrected chi connectivity index (χ2v) is 9.05. The zero-order chi connectivity index (χ0) is 17.3. The van der Waals surface area contributed by atoms with Crippen molar-refractivity contribution in [2.24, 2.45) is 4.99 Å². The van der Waals surface area contributed by atoms with E-state index in [1.165, 1.54) is 11.8 Å². The van der Waals surface area contributed by atoms with E-state index in [-0.39, 0.29) is 35.6 Å². The second-order valence-electron chi connectivity index (χ2n) is 5.69. The number of amides is 1. The molecule has 0 bridgehead atoms. The molecule has 2 atom stereocenters. The van der Waals surface area contributed by atoms with Crippen LogP contribution in [0, 0.1) is 0 Å². The molecule has 0 aliphatic carbocycles. The van der Waals surface area contributed by atoms with Gasteiger partial charge in [-0.25, -0.2) is 8.42 Å². The van der Waals surface area contributed by atoms with Crippen LogP contribution in [-0.2, 0) is 19.4 Å². The van der Waals surface area contributed by atoms with Crippen LogP contribution >= 0.6 is 11.8 Å². The molecule has 1 aromatic carbocycles. The Morgan fingerprint density at radius 3 is 2.58 bits per heavy atom. The first-order valence-electron chi connectivity index (χ1n) is 7.40. The smallest absolute Gasteiger partial charge is 0.303 e. The number of hydrogen-bond acceptors (Lipinski definition) is 5. The molecule has 0 saturated carbocycles. The number of carboxylic acids is 1. The molecule has 1 N–H and O–H groups in total. The molecule has 2 aliphatic rings. The van der Waals surface area contributed by atoms with E-state index in [9.17, 15) is 18.0 Å². The number of aliphatic imine (C=N–C) groups is 1. The quantitative estimate of drug-likeness (QED) is 0.850. The minimum absolute atomic E-state index is 0.0297. The molecule has 3 rings (SSSR count). The fourth-order valence-electron chi connectivity index (χ4n) is 2.83. The maximum Gasteiger partial charge on any atom is 0.303 e. The van der Waals surface area contributed by atoms with Gasteiger partial charge in [-0.3, -0.25) is 9.59 Å². The number of amidine groups is 1. The third-order valence-corrected chi connectivity index (χ3v) is 7.08. The Hall–Kier alpha value is -1.87. The van der Waals surface area contributed by atoms with Gasteiger partial charge >= 0.3 is 5.97 Å². The van der Waals surface area contributed by atoms with E-state index in [2.05, 4.69) is 4.99 Å². The van der Waals surface area contributed by atoms with Crippen LogP contribution in [0.2, 0.25) is 0 Å². The molecule has 2 saturated heterocycles. The van der Waals surface area contributed by atoms with E-state index in [1.807, 2.05) is 30.3 Å². The SMILES string of the molecule is O=C(O)CCC(=O)N=C1S[C@@H]2CS(=O)(=O)C[C@@H]2N1c1ccccc1. The fraction of sp³-hybridized carbons (Fsp3) is 0.400. The molecule has 128 valence electrons. The largest absolute Gasteiger partial charge is 0.481 e. The maximum atomic E-state index is 11.9. The van der Waals surface area contributed by atoms with Crippen molar-refractivity contribution >= 4 is 44.3 Å². The highest BCUT2D eigenvalue weighted by Crippen LogP contribution is 2.40. The summed E-state index contributed by atoms with van der Waals surface area (Å²) >= 11 is 1.28. The second kappa shape index (κ2) is 6.56. The Balaban J connectivity index is 1.89. The zero-order valence-electron chi connectivity index (χ0n) is 12.7. The summed E-state index contributed by atoms with van der Waals surface area (Å²) in [7, 11) is -3.10. The first-order chi connectivity index (χ1) is 11.4. The molecule has 7 nitrogen and oxygen atoms in total. The van der Waals surface area contributed by atoms with E-state index >= 15 is 0 Å². The molecule has 2 heterocycles. The highest BCUT2D eigenvalue weighted by atomic mass is 32.2. The standard InChI is InChI=1S/C15H16N2O5S2/c18-13(6-7-14(19)20)16-15-17(10-4-2-1-3-5-10)11-8-24(21,22)9-12(11)23-15/h1-5,11-12H,6-9H2,(H,19,20)/t11-,12+/m0/s1. The fourth-order valence-corrected chi connectivity index (χ4v) is 6.76. The van der Waals surface area contributed by atoms with Gasteiger partial charge in [0.05, 0.1) is 24.0 Å². The van der Waals surface area contributed by atoms with Crippen LogP contribution in [0.5, 0.6) is 0 Å². The molecule has 0 unspecified atom stereocenters. The lowest BCUT2D eigenvalue weighted by Crippen LogP contribution is -2.37. The molecule has 0 aromatic heterocycles. The number of fused-ring (bicyclic) bond motifs is 1. The van der Waals surface area contributed by atoms with Gasteiger partial charge in [-0.1, -0.05) is 30.0 Å². The van der Waals surface area contributed by atoms with Gasteiger partial charge in [0.1, 0.15) is 0 Å². The number of benzene rings is 1. The lowest BCUT2D eigenvalue weighted by atomic mass is 10.2. The van der Waals surface area contributed by atoms with Crippen molar-refractivity contribution in [3.05, 3.63) is 30.3 Å². The van der Waals surface area contributed by atoms with Crippen molar-refractivity contribution < 1.29 is 23.1 Å². The van der Waals surface area contributed by atoms with Crippen molar-refractivity contribution in [1.29, 1.82) is 0 Å². The predicted molar refractivity (Wildman–Crippen MR) is 92.1 cm³/mol. The number of rotatable bonds is 4. The molecular weight excluding hydrogens is 352 g/mol. The molecule has 0 spiro atoms. The van der Waals surface area contributed by atoms with E-state index in [4.69, 9.17) is 5.11 Å². The van der Waals surface area contributed by atoms with Gasteiger partial charge in [-0.2, -0.15) is 4.99 Å². The summed E-state index contributed by atoms with van der Waals surface area (Å²) in [6, 6.07) is 8.94. The number of anilines is 1. The number of nitrogens with zero attached hydrogens (tertiary/aromatic N) is 2. The van der Waals surface area contributed by atoms with Crippen LogP contribution in [0.3, 0.4) is 0 Å². The van der Waals surface area contributed by atoms with Crippen LogP contribution in [0.15, 0.2) is 35.3 Å². The number of aliphatic carboxylic acids is 1. The van der Waals surface area contributed by atoms with E-state index in [0.29, 0.717) is 5.17 Å². The van der Waals surface area contributed by atoms with Crippen LogP contribution in [0.1, 0.15) is 12.8 Å². The summed E-state index contributed by atoms with van der Waals surface area (Å²) in [6.45, 7) is 0. The number of hydrogen-bond donors (Lipinski definition) is 1. The summed E-state index contributed by atoms with van der Waals surface area (Å²) < 4.78 is 23.8. The van der Waals surface area contributed by atoms with Crippen LogP contribution in [0.25, 0.3) is 0 Å². The van der Waals surface area contributed by atoms with Gasteiger partial charge in [-0.05, 0) is 12.1 Å². The molecule has 0 radical (unpaired) electrons. The molecule has 2 aliphatic heterocycles. The van der Waals surface area contributed by atoms with Crippen molar-refractivity contribution in [2.45, 2.75) is 24.1 Å². The zero-order valence-corrected chi connectivity index (χ0v) is 14.3. The Labute approximate surface area is 143 Å². The summed E-state index contributed by atoms with van der Waals surface area (Å²) in [6.07, 6.45) is -0.442. The molecular formula is C15H16N2O5S2. The Bertz CT molecular complexity index is 791. The van der Waals surface area contributed by atoms with E-state index in [0.717, 1.165) is 5.69 Å². The lowest BCUT2D eigenvalue weighted by Gasteiger charge is -2.24. The monoisotopic (exact) mass is 368 g/mol. The molecule has 24 heavy (non-hydrogen) atoms. The summed E-state index contributed by atoms with van der Waals surface area (Å²) in [4.78, 5) is 28.3. The van der Waals surface area contributed by atoms with Gasteiger partial charge in [-0.15, -0.1) is 0 Å². The van der Waals surface area contributed by atoms with E-state index < -0.39 is 21.7 Å². The molecule has 9 heteroatoms. The highest BCUT2D eigenvalue weighted by Gasteiger charge is 2.49. The molecule has 2 fully saturated rings. The number of sulfone groups is 1. The van der Waals surface area contributed by atoms with Gasteiger partial charge in [0.2, 0.25) is 5.91 Å². The summed E-state index contributed by atoms with van der Waals surface area (Å²) in [5, 5.41) is 8.94. The maximum absolute atomic E-state index is 11.9. The van der Waals surface area contributed by atoms with Gasteiger partial charge in [0.15, 0.2) is 15.0 Å². The van der Waals surface area contributed by atoms with Gasteiger partial charge < -0.3 is 10.0 Å². The number of para-hydroxylation sites is 1. The molecule has 1 aromatic rings. The minimum atomic E-state index is -3.10. The van der Waals surface area contributed by atoms with Crippen molar-refractivity contribution in [1.82, 2.24) is 0 Å². The van der Waals surface area contributed by atoms with Crippen LogP contribution in [0.4, 0.5) is 5.69 Å². The van der Waals surface area contributed by atoms with Gasteiger partial charge in [0.25, 0.3) is 0 Å². The first kappa shape index (κ1) is 17.0. The average Bonchev–Trinajstić information content (AvgIpc) is 2.97. The number of carbonyl (C=O) groups is 2. The van der Waals surface area contributed by atoms with E-state index in [1.54, 1.807) is 4.90 Å². The molecule has 1 amide bonds. The van der Waals surface area contributed by atoms with Crippen molar-refractivity contribution in [2.75, 3.05) is 16.4 Å². The third-order valence-electron chi connectivity index (χ3n) is 3.87. The van der Waals surface area contributed by atoms with Crippen LogP contribution in [-0.4, -0.2) is 53.4 Å². The van der Waals surface area contributed by atoms with Crippen molar-refractivity contribution in [3.8, 4) is 0 Å². The normalized spacial score (nSPS) is 26.5. The summed E-state index contributed by atoms with van der Waals surface area (Å²) in [5.41, 5.74) is 0.777. The van der Waals surface area contributed by atoms with Gasteiger partial charge in [0, 0.05) is 17.4 Å². The van der Waals surface area contributed by atoms with Crippen LogP contribution < -0.4 is 4.90 Å². The third kappa shape index (κ3) is 3.62. The number of carbonyl (C=O) groups excluding carboxylic acids is 1. The predicted octanol–water partition coefficient (Wildman–Crippen LogP) is 1.15. The highest BCUT2D eigenvalue weighted by molar-refractivity contribution is 8.16. The Morgan fingerprint density at radius 1 is 1.21 bits per heavy atom. The first-order valence-corrected chi connectivity index (χ1v) is 10.1. The number of carboxylic acid groups (broad SMARTS) is 1. The topological polar surface area (TPSA) is 104 Å². The number of thioether (sulfide) groups is 1. The Kier molecular flexibility index (Phi) is 4.64. The Morgan fingerprint density at radius 2 is 1.92 bits per heavy atom. The summed E-state index contributed by atoms with van der Waals surface area (Å²) in [5.74, 6) is -1.47.